The summed E-state index contributed by atoms with van der Waals surface area (Å²) < 4.78 is 30.2. The number of alkyl halides is 2. The van der Waals surface area contributed by atoms with Crippen LogP contribution in [0.1, 0.15) is 55.2 Å². The van der Waals surface area contributed by atoms with Crippen molar-refractivity contribution in [1.29, 1.82) is 0 Å². The van der Waals surface area contributed by atoms with E-state index in [1.807, 2.05) is 6.07 Å². The number of aliphatic hydroxyl groups excluding tert-OH is 1. The standard InChI is InChI=1S/C23H27F2N3O2/c1-28-19(29)23(27-21(28)26)18-12-15(5-4-14-2-3-14)6-7-16(18)13-22(23)10-8-17(9-11-22)30-20(24)25/h6-7,12,14,17,19-20,29H,2-3,8-11,13H2,1H3,(H2,26,27)/t17-,19-,22-,23+/m0/s1. The molecule has 0 amide bonds. The van der Waals surface area contributed by atoms with Crippen molar-refractivity contribution in [3.05, 3.63) is 34.9 Å². The van der Waals surface area contributed by atoms with Crippen LogP contribution >= 0.6 is 0 Å². The number of guanidine groups is 1. The normalized spacial score (nSPS) is 35.0. The molecule has 0 saturated heterocycles. The lowest BCUT2D eigenvalue weighted by atomic mass is 9.61. The van der Waals surface area contributed by atoms with Gasteiger partial charge < -0.3 is 20.5 Å². The predicted octanol–water partition coefficient (Wildman–Crippen LogP) is 2.95. The van der Waals surface area contributed by atoms with Crippen molar-refractivity contribution in [3.8, 4) is 11.8 Å². The molecule has 30 heavy (non-hydrogen) atoms. The van der Waals surface area contributed by atoms with Crippen LogP contribution in [0.4, 0.5) is 8.78 Å². The molecule has 7 heteroatoms. The Morgan fingerprint density at radius 2 is 2.00 bits per heavy atom. The second-order valence-corrected chi connectivity index (χ2v) is 9.19. The van der Waals surface area contributed by atoms with E-state index in [1.165, 1.54) is 0 Å². The summed E-state index contributed by atoms with van der Waals surface area (Å²) in [7, 11) is 1.74. The first-order valence-corrected chi connectivity index (χ1v) is 10.7. The number of hydrogen-bond acceptors (Lipinski definition) is 5. The first-order valence-electron chi connectivity index (χ1n) is 10.7. The minimum Gasteiger partial charge on any atom is -0.371 e. The van der Waals surface area contributed by atoms with Gasteiger partial charge in [-0.3, -0.25) is 0 Å². The van der Waals surface area contributed by atoms with Crippen molar-refractivity contribution in [3.63, 3.8) is 0 Å². The third-order valence-electron chi connectivity index (χ3n) is 7.43. The molecule has 0 bridgehead atoms. The van der Waals surface area contributed by atoms with Crippen LogP contribution in [-0.4, -0.2) is 42.0 Å². The van der Waals surface area contributed by atoms with Gasteiger partial charge in [0.25, 0.3) is 0 Å². The predicted molar refractivity (Wildman–Crippen MR) is 109 cm³/mol. The number of nitrogens with two attached hydrogens (primary N) is 1. The summed E-state index contributed by atoms with van der Waals surface area (Å²) in [6.45, 7) is -2.76. The van der Waals surface area contributed by atoms with Gasteiger partial charge in [-0.05, 0) is 68.2 Å². The van der Waals surface area contributed by atoms with Crippen LogP contribution in [0.15, 0.2) is 23.2 Å². The molecular formula is C23H27F2N3O2. The monoisotopic (exact) mass is 415 g/mol. The van der Waals surface area contributed by atoms with E-state index in [2.05, 4.69) is 24.0 Å². The highest BCUT2D eigenvalue weighted by atomic mass is 19.3. The van der Waals surface area contributed by atoms with E-state index in [9.17, 15) is 13.9 Å². The van der Waals surface area contributed by atoms with Crippen molar-refractivity contribution in [2.75, 3.05) is 7.05 Å². The third kappa shape index (κ3) is 2.92. The number of rotatable bonds is 2. The highest BCUT2D eigenvalue weighted by Gasteiger charge is 2.65. The Kier molecular flexibility index (Phi) is 4.57. The van der Waals surface area contributed by atoms with E-state index < -0.39 is 24.5 Å². The van der Waals surface area contributed by atoms with Gasteiger partial charge in [0.1, 0.15) is 5.54 Å². The quantitative estimate of drug-likeness (QED) is 0.729. The number of benzene rings is 1. The van der Waals surface area contributed by atoms with E-state index in [-0.39, 0.29) is 5.41 Å². The Morgan fingerprint density at radius 1 is 1.27 bits per heavy atom. The van der Waals surface area contributed by atoms with Crippen molar-refractivity contribution >= 4 is 5.96 Å². The molecule has 2 saturated carbocycles. The Labute approximate surface area is 175 Å². The molecule has 3 aliphatic carbocycles. The molecule has 2 atom stereocenters. The molecular weight excluding hydrogens is 388 g/mol. The van der Waals surface area contributed by atoms with Crippen LogP contribution in [0.25, 0.3) is 0 Å². The maximum absolute atomic E-state index is 12.7. The van der Waals surface area contributed by atoms with Gasteiger partial charge >= 0.3 is 6.61 Å². The summed E-state index contributed by atoms with van der Waals surface area (Å²) in [6, 6.07) is 6.17. The molecule has 2 spiro atoms. The van der Waals surface area contributed by atoms with Gasteiger partial charge in [0, 0.05) is 23.9 Å². The second-order valence-electron chi connectivity index (χ2n) is 9.19. The number of nitrogens with zero attached hydrogens (tertiary/aromatic N) is 2. The van der Waals surface area contributed by atoms with Gasteiger partial charge in [0.2, 0.25) is 0 Å². The molecule has 0 radical (unpaired) electrons. The van der Waals surface area contributed by atoms with Gasteiger partial charge in [-0.25, -0.2) is 4.99 Å². The van der Waals surface area contributed by atoms with E-state index in [4.69, 9.17) is 15.5 Å². The molecule has 5 rings (SSSR count). The zero-order chi connectivity index (χ0) is 21.1. The molecule has 1 aromatic carbocycles. The van der Waals surface area contributed by atoms with E-state index in [1.54, 1.807) is 11.9 Å². The average Bonchev–Trinajstić information content (AvgIpc) is 3.47. The van der Waals surface area contributed by atoms with Crippen molar-refractivity contribution in [1.82, 2.24) is 4.90 Å². The number of aliphatic hydroxyl groups is 1. The summed E-state index contributed by atoms with van der Waals surface area (Å²) in [5, 5.41) is 11.4. The van der Waals surface area contributed by atoms with Gasteiger partial charge in [-0.2, -0.15) is 8.78 Å². The molecule has 0 unspecified atom stereocenters. The molecule has 3 N–H and O–H groups in total. The topological polar surface area (TPSA) is 71.1 Å². The number of fused-ring (bicyclic) bond motifs is 3. The average molecular weight is 415 g/mol. The van der Waals surface area contributed by atoms with E-state index >= 15 is 0 Å². The van der Waals surface area contributed by atoms with Crippen molar-refractivity contribution in [2.45, 2.75) is 69.4 Å². The zero-order valence-corrected chi connectivity index (χ0v) is 17.1. The Bertz CT molecular complexity index is 942. The van der Waals surface area contributed by atoms with E-state index in [0.29, 0.717) is 37.6 Å². The number of aliphatic imine (C=N–C) groups is 1. The first-order chi connectivity index (χ1) is 14.3. The molecule has 0 aromatic heterocycles. The van der Waals surface area contributed by atoms with Crippen LogP contribution in [0.3, 0.4) is 0 Å². The summed E-state index contributed by atoms with van der Waals surface area (Å²) in [6.07, 6.45) is 4.01. The molecule has 1 heterocycles. The van der Waals surface area contributed by atoms with Crippen molar-refractivity contribution in [2.24, 2.45) is 22.1 Å². The molecule has 160 valence electrons. The van der Waals surface area contributed by atoms with Gasteiger partial charge in [-0.15, -0.1) is 0 Å². The number of halogens is 2. The first kappa shape index (κ1) is 19.8. The Morgan fingerprint density at radius 3 is 2.60 bits per heavy atom. The smallest absolute Gasteiger partial charge is 0.345 e. The minimum absolute atomic E-state index is 0.301. The highest BCUT2D eigenvalue weighted by molar-refractivity contribution is 5.82. The highest BCUT2D eigenvalue weighted by Crippen LogP contribution is 2.63. The van der Waals surface area contributed by atoms with E-state index in [0.717, 1.165) is 36.0 Å². The Hall–Kier alpha value is -2.17. The molecule has 4 aliphatic rings. The number of ether oxygens (including phenoxy) is 1. The van der Waals surface area contributed by atoms with Crippen LogP contribution in [0, 0.1) is 23.2 Å². The fourth-order valence-corrected chi connectivity index (χ4v) is 5.66. The lowest BCUT2D eigenvalue weighted by molar-refractivity contribution is -0.181. The molecule has 1 aromatic rings. The Balaban J connectivity index is 1.55. The maximum Gasteiger partial charge on any atom is 0.345 e. The summed E-state index contributed by atoms with van der Waals surface area (Å²) in [5.41, 5.74) is 7.90. The van der Waals surface area contributed by atoms with Gasteiger partial charge in [0.15, 0.2) is 12.2 Å². The lowest BCUT2D eigenvalue weighted by Gasteiger charge is -2.48. The van der Waals surface area contributed by atoms with Crippen LogP contribution in [0.5, 0.6) is 0 Å². The lowest BCUT2D eigenvalue weighted by Crippen LogP contribution is -2.54. The summed E-state index contributed by atoms with van der Waals surface area (Å²) in [4.78, 5) is 6.48. The SMILES string of the molecule is CN1C(N)=N[C@]2(c3cc(C#CC4CC4)ccc3C[C@]23CC[C@@H](OC(F)F)CC3)[C@@H]1O. The largest absolute Gasteiger partial charge is 0.371 e. The van der Waals surface area contributed by atoms with Gasteiger partial charge in [-0.1, -0.05) is 17.9 Å². The van der Waals surface area contributed by atoms with Gasteiger partial charge in [0.05, 0.1) is 6.10 Å². The summed E-state index contributed by atoms with van der Waals surface area (Å²) >= 11 is 0. The van der Waals surface area contributed by atoms with Crippen LogP contribution in [-0.2, 0) is 16.7 Å². The third-order valence-corrected chi connectivity index (χ3v) is 7.43. The number of hydrogen-bond donors (Lipinski definition) is 2. The fourth-order valence-electron chi connectivity index (χ4n) is 5.66. The summed E-state index contributed by atoms with van der Waals surface area (Å²) in [5.74, 6) is 7.37. The maximum atomic E-state index is 12.7. The van der Waals surface area contributed by atoms with Crippen molar-refractivity contribution < 1.29 is 18.6 Å². The molecule has 1 aliphatic heterocycles. The number of likely N-dealkylation sites (N-methyl/N-ethyl adjacent to an activating group) is 1. The minimum atomic E-state index is -2.76. The van der Waals surface area contributed by atoms with Crippen LogP contribution in [0.2, 0.25) is 0 Å². The zero-order valence-electron chi connectivity index (χ0n) is 17.1. The molecule has 5 nitrogen and oxygen atoms in total. The second kappa shape index (κ2) is 6.93. The fraction of sp³-hybridized carbons (Fsp3) is 0.609. The van der Waals surface area contributed by atoms with Crippen LogP contribution < -0.4 is 5.73 Å². The molecule has 2 fully saturated rings.